The van der Waals surface area contributed by atoms with Crippen molar-refractivity contribution in [3.05, 3.63) is 51.7 Å². The first-order valence-electron chi connectivity index (χ1n) is 5.82. The van der Waals surface area contributed by atoms with E-state index in [1.54, 1.807) is 6.20 Å². The number of thioether (sulfide) groups is 1. The molecular weight excluding hydrogens is 246 g/mol. The molecule has 2 aromatic heterocycles. The van der Waals surface area contributed by atoms with Crippen LogP contribution < -0.4 is 5.56 Å². The maximum atomic E-state index is 11.3. The van der Waals surface area contributed by atoms with Crippen LogP contribution in [0.4, 0.5) is 0 Å². The molecule has 0 aromatic carbocycles. The van der Waals surface area contributed by atoms with E-state index in [2.05, 4.69) is 27.9 Å². The third-order valence-electron chi connectivity index (χ3n) is 2.53. The summed E-state index contributed by atoms with van der Waals surface area (Å²) in [5.41, 5.74) is 2.92. The molecule has 5 heteroatoms. The molecule has 0 amide bonds. The van der Waals surface area contributed by atoms with E-state index in [1.807, 2.05) is 13.0 Å². The normalized spacial score (nSPS) is 10.6. The molecular formula is C13H15N3OS. The van der Waals surface area contributed by atoms with Gasteiger partial charge in [0.25, 0.3) is 5.56 Å². The van der Waals surface area contributed by atoms with E-state index in [9.17, 15) is 4.79 Å². The SMILES string of the molecule is CCc1ncccc1CSc1nc(C)cc(=O)[nH]1. The second-order valence-electron chi connectivity index (χ2n) is 3.94. The molecule has 0 unspecified atom stereocenters. The van der Waals surface area contributed by atoms with E-state index in [1.165, 1.54) is 23.4 Å². The second-order valence-corrected chi connectivity index (χ2v) is 4.91. The van der Waals surface area contributed by atoms with E-state index in [0.29, 0.717) is 5.16 Å². The highest BCUT2D eigenvalue weighted by Crippen LogP contribution is 2.20. The Kier molecular flexibility index (Phi) is 4.15. The lowest BCUT2D eigenvalue weighted by Gasteiger charge is -2.06. The highest BCUT2D eigenvalue weighted by atomic mass is 32.2. The molecule has 18 heavy (non-hydrogen) atoms. The summed E-state index contributed by atoms with van der Waals surface area (Å²) >= 11 is 1.52. The van der Waals surface area contributed by atoms with Crippen LogP contribution in [0.1, 0.15) is 23.9 Å². The summed E-state index contributed by atoms with van der Waals surface area (Å²) in [4.78, 5) is 22.7. The van der Waals surface area contributed by atoms with Crippen molar-refractivity contribution in [2.75, 3.05) is 0 Å². The number of pyridine rings is 1. The number of hydrogen-bond donors (Lipinski definition) is 1. The first kappa shape index (κ1) is 12.8. The highest BCUT2D eigenvalue weighted by Gasteiger charge is 2.04. The average Bonchev–Trinajstić information content (AvgIpc) is 2.35. The number of aromatic nitrogens is 3. The third-order valence-corrected chi connectivity index (χ3v) is 3.45. The van der Waals surface area contributed by atoms with Crippen molar-refractivity contribution in [2.24, 2.45) is 0 Å². The van der Waals surface area contributed by atoms with Gasteiger partial charge in [0.1, 0.15) is 0 Å². The van der Waals surface area contributed by atoms with E-state index in [0.717, 1.165) is 23.6 Å². The molecule has 2 aromatic rings. The molecule has 4 nitrogen and oxygen atoms in total. The Morgan fingerprint density at radius 2 is 2.28 bits per heavy atom. The van der Waals surface area contributed by atoms with Crippen molar-refractivity contribution >= 4 is 11.8 Å². The van der Waals surface area contributed by atoms with Crippen LogP contribution in [0.25, 0.3) is 0 Å². The number of nitrogens with one attached hydrogen (secondary N) is 1. The number of H-pyrrole nitrogens is 1. The fraction of sp³-hybridized carbons (Fsp3) is 0.308. The van der Waals surface area contributed by atoms with Gasteiger partial charge in [-0.05, 0) is 25.0 Å². The Morgan fingerprint density at radius 3 is 3.00 bits per heavy atom. The highest BCUT2D eigenvalue weighted by molar-refractivity contribution is 7.98. The molecule has 0 atom stereocenters. The lowest BCUT2D eigenvalue weighted by atomic mass is 10.2. The molecule has 94 valence electrons. The van der Waals surface area contributed by atoms with Crippen molar-refractivity contribution in [3.8, 4) is 0 Å². The first-order chi connectivity index (χ1) is 8.69. The smallest absolute Gasteiger partial charge is 0.251 e. The van der Waals surface area contributed by atoms with Crippen molar-refractivity contribution in [1.29, 1.82) is 0 Å². The van der Waals surface area contributed by atoms with Gasteiger partial charge in [-0.2, -0.15) is 0 Å². The second kappa shape index (κ2) is 5.82. The van der Waals surface area contributed by atoms with Crippen LogP contribution >= 0.6 is 11.8 Å². The Balaban J connectivity index is 2.13. The van der Waals surface area contributed by atoms with Crippen LogP contribution in [0.3, 0.4) is 0 Å². The van der Waals surface area contributed by atoms with Crippen molar-refractivity contribution in [3.63, 3.8) is 0 Å². The number of aryl methyl sites for hydroxylation is 2. The molecule has 0 aliphatic rings. The van der Waals surface area contributed by atoms with E-state index >= 15 is 0 Å². The van der Waals surface area contributed by atoms with Crippen LogP contribution in [0.2, 0.25) is 0 Å². The molecule has 0 spiro atoms. The molecule has 0 radical (unpaired) electrons. The summed E-state index contributed by atoms with van der Waals surface area (Å²) in [5.74, 6) is 0.767. The zero-order valence-electron chi connectivity index (χ0n) is 10.4. The van der Waals surface area contributed by atoms with Crippen molar-refractivity contribution < 1.29 is 0 Å². The van der Waals surface area contributed by atoms with Gasteiger partial charge in [0, 0.05) is 29.4 Å². The van der Waals surface area contributed by atoms with Gasteiger partial charge in [0.15, 0.2) is 5.16 Å². The summed E-state index contributed by atoms with van der Waals surface area (Å²) in [5, 5.41) is 0.658. The van der Waals surface area contributed by atoms with Crippen LogP contribution in [-0.4, -0.2) is 15.0 Å². The molecule has 0 fully saturated rings. The topological polar surface area (TPSA) is 58.6 Å². The number of rotatable bonds is 4. The summed E-state index contributed by atoms with van der Waals surface area (Å²) < 4.78 is 0. The minimum absolute atomic E-state index is 0.105. The van der Waals surface area contributed by atoms with Gasteiger partial charge < -0.3 is 4.98 Å². The van der Waals surface area contributed by atoms with Crippen LogP contribution in [0.15, 0.2) is 34.3 Å². The average molecular weight is 261 g/mol. The lowest BCUT2D eigenvalue weighted by Crippen LogP contribution is -2.08. The number of nitrogens with zero attached hydrogens (tertiary/aromatic N) is 2. The van der Waals surface area contributed by atoms with Gasteiger partial charge >= 0.3 is 0 Å². The quantitative estimate of drug-likeness (QED) is 0.678. The summed E-state index contributed by atoms with van der Waals surface area (Å²) in [6.07, 6.45) is 2.72. The third kappa shape index (κ3) is 3.20. The molecule has 0 aliphatic heterocycles. The van der Waals surface area contributed by atoms with Crippen LogP contribution in [-0.2, 0) is 12.2 Å². The van der Waals surface area contributed by atoms with Crippen LogP contribution in [0, 0.1) is 6.92 Å². The van der Waals surface area contributed by atoms with Crippen molar-refractivity contribution in [1.82, 2.24) is 15.0 Å². The maximum absolute atomic E-state index is 11.3. The van der Waals surface area contributed by atoms with Gasteiger partial charge in [0.05, 0.1) is 0 Å². The monoisotopic (exact) mass is 261 g/mol. The molecule has 1 N–H and O–H groups in total. The minimum Gasteiger partial charge on any atom is -0.301 e. The van der Waals surface area contributed by atoms with E-state index < -0.39 is 0 Å². The van der Waals surface area contributed by atoms with Gasteiger partial charge in [0.2, 0.25) is 0 Å². The van der Waals surface area contributed by atoms with Gasteiger partial charge in [-0.15, -0.1) is 0 Å². The molecule has 0 saturated carbocycles. The zero-order valence-corrected chi connectivity index (χ0v) is 11.3. The molecule has 2 heterocycles. The van der Waals surface area contributed by atoms with E-state index in [-0.39, 0.29) is 5.56 Å². The van der Waals surface area contributed by atoms with Gasteiger partial charge in [-0.25, -0.2) is 4.98 Å². The van der Waals surface area contributed by atoms with Crippen LogP contribution in [0.5, 0.6) is 0 Å². The fourth-order valence-corrected chi connectivity index (χ4v) is 2.62. The van der Waals surface area contributed by atoms with E-state index in [4.69, 9.17) is 0 Å². The van der Waals surface area contributed by atoms with Crippen molar-refractivity contribution in [2.45, 2.75) is 31.2 Å². The maximum Gasteiger partial charge on any atom is 0.251 e. The summed E-state index contributed by atoms with van der Waals surface area (Å²) in [7, 11) is 0. The Labute approximate surface area is 110 Å². The molecule has 0 saturated heterocycles. The predicted octanol–water partition coefficient (Wildman–Crippen LogP) is 2.33. The number of hydrogen-bond acceptors (Lipinski definition) is 4. The Bertz CT molecular complexity index is 595. The fourth-order valence-electron chi connectivity index (χ4n) is 1.69. The lowest BCUT2D eigenvalue weighted by molar-refractivity contribution is 0.904. The number of aromatic amines is 1. The van der Waals surface area contributed by atoms with Gasteiger partial charge in [-0.3, -0.25) is 9.78 Å². The first-order valence-corrected chi connectivity index (χ1v) is 6.81. The minimum atomic E-state index is -0.105. The largest absolute Gasteiger partial charge is 0.301 e. The summed E-state index contributed by atoms with van der Waals surface area (Å²) in [6.45, 7) is 3.91. The van der Waals surface area contributed by atoms with Gasteiger partial charge in [-0.1, -0.05) is 24.8 Å². The Hall–Kier alpha value is -1.62. The summed E-state index contributed by atoms with van der Waals surface area (Å²) in [6, 6.07) is 5.49. The molecule has 0 aliphatic carbocycles. The predicted molar refractivity (Wildman–Crippen MR) is 72.8 cm³/mol. The molecule has 0 bridgehead atoms. The Morgan fingerprint density at radius 1 is 1.44 bits per heavy atom. The zero-order chi connectivity index (χ0) is 13.0. The standard InChI is InChI=1S/C13H15N3OS/c1-3-11-10(5-4-6-14-11)8-18-13-15-9(2)7-12(17)16-13/h4-7H,3,8H2,1-2H3,(H,15,16,17). The molecule has 2 rings (SSSR count).